The Morgan fingerprint density at radius 1 is 1.37 bits per heavy atom. The standard InChI is InChI=1S/C14H20ClFN2O/c1-9(2)7-18-14(19)10(3)17-8-11-4-5-12(15)6-13(11)16/h4-6,9-10,17H,7-8H2,1-3H3,(H,18,19). The summed E-state index contributed by atoms with van der Waals surface area (Å²) in [6.07, 6.45) is 0. The molecule has 1 unspecified atom stereocenters. The summed E-state index contributed by atoms with van der Waals surface area (Å²) >= 11 is 5.68. The molecular formula is C14H20ClFN2O. The van der Waals surface area contributed by atoms with Gasteiger partial charge in [-0.05, 0) is 25.0 Å². The summed E-state index contributed by atoms with van der Waals surface area (Å²) in [6, 6.07) is 4.14. The van der Waals surface area contributed by atoms with Gasteiger partial charge in [-0.15, -0.1) is 0 Å². The van der Waals surface area contributed by atoms with Crippen LogP contribution in [0.5, 0.6) is 0 Å². The molecule has 0 aromatic heterocycles. The molecule has 3 nitrogen and oxygen atoms in total. The van der Waals surface area contributed by atoms with Crippen LogP contribution >= 0.6 is 11.6 Å². The van der Waals surface area contributed by atoms with Crippen LogP contribution in [0.3, 0.4) is 0 Å². The van der Waals surface area contributed by atoms with E-state index in [0.29, 0.717) is 29.6 Å². The van der Waals surface area contributed by atoms with Crippen LogP contribution in [0.2, 0.25) is 5.02 Å². The smallest absolute Gasteiger partial charge is 0.236 e. The van der Waals surface area contributed by atoms with Crippen LogP contribution in [0.15, 0.2) is 18.2 Å². The van der Waals surface area contributed by atoms with E-state index in [1.54, 1.807) is 19.1 Å². The number of carbonyl (C=O) groups excluding carboxylic acids is 1. The Kier molecular flexibility index (Phi) is 6.25. The molecule has 0 aliphatic heterocycles. The second kappa shape index (κ2) is 7.46. The first-order valence-electron chi connectivity index (χ1n) is 6.35. The lowest BCUT2D eigenvalue weighted by Crippen LogP contribution is -2.43. The Morgan fingerprint density at radius 3 is 2.63 bits per heavy atom. The van der Waals surface area contributed by atoms with E-state index < -0.39 is 0 Å². The lowest BCUT2D eigenvalue weighted by molar-refractivity contribution is -0.122. The number of halogens is 2. The van der Waals surface area contributed by atoms with Crippen LogP contribution < -0.4 is 10.6 Å². The number of nitrogens with one attached hydrogen (secondary N) is 2. The summed E-state index contributed by atoms with van der Waals surface area (Å²) < 4.78 is 13.5. The fourth-order valence-corrected chi connectivity index (χ4v) is 1.64. The predicted molar refractivity (Wildman–Crippen MR) is 75.6 cm³/mol. The fraction of sp³-hybridized carbons (Fsp3) is 0.500. The lowest BCUT2D eigenvalue weighted by atomic mass is 10.2. The molecule has 19 heavy (non-hydrogen) atoms. The van der Waals surface area contributed by atoms with Crippen LogP contribution in [-0.4, -0.2) is 18.5 Å². The average molecular weight is 287 g/mol. The summed E-state index contributed by atoms with van der Waals surface area (Å²) in [5.74, 6) is -0.0391. The molecule has 0 spiro atoms. The maximum Gasteiger partial charge on any atom is 0.236 e. The zero-order valence-corrected chi connectivity index (χ0v) is 12.2. The second-order valence-electron chi connectivity index (χ2n) is 4.98. The minimum Gasteiger partial charge on any atom is -0.354 e. The molecule has 0 bridgehead atoms. The van der Waals surface area contributed by atoms with Crippen molar-refractivity contribution in [2.45, 2.75) is 33.4 Å². The molecule has 0 heterocycles. The van der Waals surface area contributed by atoms with Crippen LogP contribution in [0, 0.1) is 11.7 Å². The zero-order valence-electron chi connectivity index (χ0n) is 11.5. The van der Waals surface area contributed by atoms with Crippen LogP contribution in [0.1, 0.15) is 26.3 Å². The van der Waals surface area contributed by atoms with Gasteiger partial charge in [-0.2, -0.15) is 0 Å². The van der Waals surface area contributed by atoms with Gasteiger partial charge >= 0.3 is 0 Å². The largest absolute Gasteiger partial charge is 0.354 e. The van der Waals surface area contributed by atoms with Gasteiger partial charge in [-0.1, -0.05) is 31.5 Å². The van der Waals surface area contributed by atoms with Gasteiger partial charge in [0.25, 0.3) is 0 Å². The van der Waals surface area contributed by atoms with Crippen LogP contribution in [0.25, 0.3) is 0 Å². The molecule has 1 amide bonds. The molecule has 2 N–H and O–H groups in total. The van der Waals surface area contributed by atoms with Gasteiger partial charge in [0.05, 0.1) is 6.04 Å². The average Bonchev–Trinajstić information content (AvgIpc) is 2.34. The monoisotopic (exact) mass is 286 g/mol. The molecule has 5 heteroatoms. The van der Waals surface area contributed by atoms with E-state index in [0.717, 1.165) is 0 Å². The van der Waals surface area contributed by atoms with Gasteiger partial charge in [0.15, 0.2) is 0 Å². The first-order chi connectivity index (χ1) is 8.90. The third-order valence-electron chi connectivity index (χ3n) is 2.69. The van der Waals surface area contributed by atoms with Crippen LogP contribution in [0.4, 0.5) is 4.39 Å². The zero-order chi connectivity index (χ0) is 14.4. The first-order valence-corrected chi connectivity index (χ1v) is 6.73. The highest BCUT2D eigenvalue weighted by Crippen LogP contribution is 2.14. The van der Waals surface area contributed by atoms with E-state index in [9.17, 15) is 9.18 Å². The Hall–Kier alpha value is -1.13. The highest BCUT2D eigenvalue weighted by atomic mass is 35.5. The molecule has 0 saturated heterocycles. The normalized spacial score (nSPS) is 12.5. The Bertz CT molecular complexity index is 437. The number of hydrogen-bond acceptors (Lipinski definition) is 2. The van der Waals surface area contributed by atoms with Gasteiger partial charge in [-0.25, -0.2) is 4.39 Å². The molecule has 0 aliphatic rings. The third-order valence-corrected chi connectivity index (χ3v) is 2.93. The number of carbonyl (C=O) groups is 1. The Balaban J connectivity index is 2.45. The van der Waals surface area contributed by atoms with E-state index >= 15 is 0 Å². The molecule has 0 fully saturated rings. The van der Waals surface area contributed by atoms with E-state index in [1.165, 1.54) is 6.07 Å². The Labute approximate surface area is 118 Å². The molecule has 0 saturated carbocycles. The molecule has 1 aromatic carbocycles. The van der Waals surface area contributed by atoms with Crippen LogP contribution in [-0.2, 0) is 11.3 Å². The van der Waals surface area contributed by atoms with Crippen molar-refractivity contribution >= 4 is 17.5 Å². The summed E-state index contributed by atoms with van der Waals surface area (Å²) in [4.78, 5) is 11.7. The van der Waals surface area contributed by atoms with Gasteiger partial charge < -0.3 is 10.6 Å². The fourth-order valence-electron chi connectivity index (χ4n) is 1.48. The number of amides is 1. The van der Waals surface area contributed by atoms with E-state index in [1.807, 2.05) is 13.8 Å². The quantitative estimate of drug-likeness (QED) is 0.844. The van der Waals surface area contributed by atoms with Gasteiger partial charge in [0, 0.05) is 23.7 Å². The maximum absolute atomic E-state index is 13.5. The lowest BCUT2D eigenvalue weighted by Gasteiger charge is -2.15. The van der Waals surface area contributed by atoms with Crippen molar-refractivity contribution in [2.75, 3.05) is 6.54 Å². The number of hydrogen-bond donors (Lipinski definition) is 2. The number of rotatable bonds is 6. The van der Waals surface area contributed by atoms with Crippen molar-refractivity contribution < 1.29 is 9.18 Å². The van der Waals surface area contributed by atoms with Crippen molar-refractivity contribution in [1.82, 2.24) is 10.6 Å². The molecule has 0 radical (unpaired) electrons. The summed E-state index contributed by atoms with van der Waals surface area (Å²) in [5, 5.41) is 6.18. The molecular weight excluding hydrogens is 267 g/mol. The minimum absolute atomic E-state index is 0.0805. The minimum atomic E-state index is -0.367. The topological polar surface area (TPSA) is 41.1 Å². The first kappa shape index (κ1) is 15.9. The van der Waals surface area contributed by atoms with E-state index in [4.69, 9.17) is 11.6 Å². The SMILES string of the molecule is CC(C)CNC(=O)C(C)NCc1ccc(Cl)cc1F. The van der Waals surface area contributed by atoms with Crippen molar-refractivity contribution in [3.8, 4) is 0 Å². The molecule has 1 rings (SSSR count). The number of benzene rings is 1. The maximum atomic E-state index is 13.5. The Morgan fingerprint density at radius 2 is 2.05 bits per heavy atom. The van der Waals surface area contributed by atoms with Gasteiger partial charge in [-0.3, -0.25) is 4.79 Å². The summed E-state index contributed by atoms with van der Waals surface area (Å²) in [5.41, 5.74) is 0.493. The van der Waals surface area contributed by atoms with Crippen molar-refractivity contribution in [2.24, 2.45) is 5.92 Å². The van der Waals surface area contributed by atoms with Crippen molar-refractivity contribution in [1.29, 1.82) is 0 Å². The van der Waals surface area contributed by atoms with Crippen molar-refractivity contribution in [3.63, 3.8) is 0 Å². The second-order valence-corrected chi connectivity index (χ2v) is 5.41. The van der Waals surface area contributed by atoms with Gasteiger partial charge in [0.1, 0.15) is 5.82 Å². The predicted octanol–water partition coefficient (Wildman–Crippen LogP) is 2.73. The van der Waals surface area contributed by atoms with Crippen molar-refractivity contribution in [3.05, 3.63) is 34.6 Å². The highest BCUT2D eigenvalue weighted by Gasteiger charge is 2.13. The molecule has 1 atom stereocenters. The molecule has 1 aromatic rings. The van der Waals surface area contributed by atoms with Gasteiger partial charge in [0.2, 0.25) is 5.91 Å². The summed E-state index contributed by atoms with van der Waals surface area (Å²) in [7, 11) is 0. The van der Waals surface area contributed by atoms with E-state index in [-0.39, 0.29) is 17.8 Å². The highest BCUT2D eigenvalue weighted by molar-refractivity contribution is 6.30. The van der Waals surface area contributed by atoms with E-state index in [2.05, 4.69) is 10.6 Å². The molecule has 0 aliphatic carbocycles. The molecule has 106 valence electrons. The third kappa shape index (κ3) is 5.57. The summed E-state index contributed by atoms with van der Waals surface area (Å²) in [6.45, 7) is 6.74.